The van der Waals surface area contributed by atoms with Crippen LogP contribution < -0.4 is 5.32 Å². The van der Waals surface area contributed by atoms with Gasteiger partial charge >= 0.3 is 0 Å². The first kappa shape index (κ1) is 10.2. The molecule has 0 bridgehead atoms. The second-order valence-electron chi connectivity index (χ2n) is 4.49. The van der Waals surface area contributed by atoms with Gasteiger partial charge in [-0.05, 0) is 30.4 Å². The Morgan fingerprint density at radius 2 is 2.00 bits per heavy atom. The molecule has 1 aromatic rings. The molecular weight excluding hydrogens is 186 g/mol. The zero-order chi connectivity index (χ0) is 10.8. The van der Waals surface area contributed by atoms with E-state index in [4.69, 9.17) is 0 Å². The number of hydrogen-bond donors (Lipinski definition) is 1. The summed E-state index contributed by atoms with van der Waals surface area (Å²) in [5, 5.41) is 3.03. The number of carbonyl (C=O) groups excluding carboxylic acids is 1. The van der Waals surface area contributed by atoms with Crippen LogP contribution in [-0.2, 0) is 0 Å². The molecule has 0 atom stereocenters. The summed E-state index contributed by atoms with van der Waals surface area (Å²) in [4.78, 5) is 11.9. The predicted molar refractivity (Wildman–Crippen MR) is 61.0 cm³/mol. The highest BCUT2D eigenvalue weighted by Gasteiger charge is 2.24. The van der Waals surface area contributed by atoms with Gasteiger partial charge in [0.2, 0.25) is 0 Å². The Balaban J connectivity index is 2.21. The first-order chi connectivity index (χ1) is 7.18. The van der Waals surface area contributed by atoms with E-state index in [0.717, 1.165) is 24.0 Å². The van der Waals surface area contributed by atoms with Gasteiger partial charge in [0.1, 0.15) is 0 Å². The molecule has 80 valence electrons. The average Bonchev–Trinajstić information content (AvgIpc) is 3.01. The maximum Gasteiger partial charge on any atom is 0.251 e. The van der Waals surface area contributed by atoms with E-state index < -0.39 is 0 Å². The standard InChI is InChI=1S/C13H17NO/c1-9(2)11-5-3-4-6-12(11)13(15)14-10-7-8-10/h3-6,9-10H,7-8H2,1-2H3,(H,14,15). The van der Waals surface area contributed by atoms with E-state index in [9.17, 15) is 4.79 Å². The fourth-order valence-corrected chi connectivity index (χ4v) is 1.70. The van der Waals surface area contributed by atoms with Crippen molar-refractivity contribution < 1.29 is 4.79 Å². The van der Waals surface area contributed by atoms with E-state index >= 15 is 0 Å². The minimum atomic E-state index is 0.0850. The lowest BCUT2D eigenvalue weighted by Crippen LogP contribution is -2.26. The van der Waals surface area contributed by atoms with E-state index in [1.807, 2.05) is 24.3 Å². The summed E-state index contributed by atoms with van der Waals surface area (Å²) in [5.41, 5.74) is 1.97. The molecule has 2 heteroatoms. The monoisotopic (exact) mass is 203 g/mol. The third-order valence-corrected chi connectivity index (χ3v) is 2.74. The Kier molecular flexibility index (Phi) is 2.76. The van der Waals surface area contributed by atoms with E-state index in [1.54, 1.807) is 0 Å². The molecular formula is C13H17NO. The van der Waals surface area contributed by atoms with Crippen LogP contribution in [0.15, 0.2) is 24.3 Å². The highest BCUT2D eigenvalue weighted by atomic mass is 16.1. The molecule has 1 saturated carbocycles. The van der Waals surface area contributed by atoms with Crippen LogP contribution in [0.1, 0.15) is 48.5 Å². The Labute approximate surface area is 90.7 Å². The number of amides is 1. The van der Waals surface area contributed by atoms with Crippen molar-refractivity contribution in [3.8, 4) is 0 Å². The first-order valence-corrected chi connectivity index (χ1v) is 5.58. The summed E-state index contributed by atoms with van der Waals surface area (Å²) in [6, 6.07) is 8.29. The third-order valence-electron chi connectivity index (χ3n) is 2.74. The van der Waals surface area contributed by atoms with Crippen LogP contribution in [0.25, 0.3) is 0 Å². The Bertz CT molecular complexity index is 367. The summed E-state index contributed by atoms with van der Waals surface area (Å²) >= 11 is 0. The van der Waals surface area contributed by atoms with Crippen molar-refractivity contribution in [1.29, 1.82) is 0 Å². The zero-order valence-electron chi connectivity index (χ0n) is 9.29. The summed E-state index contributed by atoms with van der Waals surface area (Å²) in [7, 11) is 0. The lowest BCUT2D eigenvalue weighted by molar-refractivity contribution is 0.0950. The summed E-state index contributed by atoms with van der Waals surface area (Å²) in [6.07, 6.45) is 2.27. The molecule has 1 aliphatic rings. The SMILES string of the molecule is CC(C)c1ccccc1C(=O)NC1CC1. The maximum absolute atomic E-state index is 11.9. The molecule has 0 unspecified atom stereocenters. The van der Waals surface area contributed by atoms with Gasteiger partial charge in [0.15, 0.2) is 0 Å². The van der Waals surface area contributed by atoms with E-state index in [2.05, 4.69) is 19.2 Å². The van der Waals surface area contributed by atoms with Gasteiger partial charge in [-0.1, -0.05) is 32.0 Å². The number of rotatable bonds is 3. The molecule has 15 heavy (non-hydrogen) atoms. The van der Waals surface area contributed by atoms with Crippen molar-refractivity contribution in [1.82, 2.24) is 5.32 Å². The van der Waals surface area contributed by atoms with Crippen molar-refractivity contribution in [2.24, 2.45) is 0 Å². The molecule has 1 N–H and O–H groups in total. The molecule has 2 nitrogen and oxygen atoms in total. The Morgan fingerprint density at radius 3 is 2.60 bits per heavy atom. The van der Waals surface area contributed by atoms with Crippen LogP contribution >= 0.6 is 0 Å². The van der Waals surface area contributed by atoms with Gasteiger partial charge in [0, 0.05) is 11.6 Å². The molecule has 0 aliphatic heterocycles. The van der Waals surface area contributed by atoms with Crippen molar-refractivity contribution in [2.75, 3.05) is 0 Å². The predicted octanol–water partition coefficient (Wildman–Crippen LogP) is 2.70. The van der Waals surface area contributed by atoms with Gasteiger partial charge in [0.25, 0.3) is 5.91 Å². The second-order valence-corrected chi connectivity index (χ2v) is 4.49. The van der Waals surface area contributed by atoms with Crippen LogP contribution in [0.2, 0.25) is 0 Å². The van der Waals surface area contributed by atoms with Crippen molar-refractivity contribution in [3.63, 3.8) is 0 Å². The van der Waals surface area contributed by atoms with Gasteiger partial charge < -0.3 is 5.32 Å². The lowest BCUT2D eigenvalue weighted by atomic mass is 9.97. The number of benzene rings is 1. The molecule has 1 aliphatic carbocycles. The highest BCUT2D eigenvalue weighted by Crippen LogP contribution is 2.22. The molecule has 0 radical (unpaired) electrons. The molecule has 0 spiro atoms. The van der Waals surface area contributed by atoms with E-state index in [1.165, 1.54) is 0 Å². The van der Waals surface area contributed by atoms with Crippen molar-refractivity contribution in [3.05, 3.63) is 35.4 Å². The minimum Gasteiger partial charge on any atom is -0.349 e. The molecule has 0 heterocycles. The largest absolute Gasteiger partial charge is 0.349 e. The smallest absolute Gasteiger partial charge is 0.251 e. The molecule has 0 aromatic heterocycles. The summed E-state index contributed by atoms with van der Waals surface area (Å²) in [6.45, 7) is 4.23. The van der Waals surface area contributed by atoms with Crippen LogP contribution in [0.5, 0.6) is 0 Å². The lowest BCUT2D eigenvalue weighted by Gasteiger charge is -2.12. The van der Waals surface area contributed by atoms with Gasteiger partial charge in [0.05, 0.1) is 0 Å². The minimum absolute atomic E-state index is 0.0850. The van der Waals surface area contributed by atoms with E-state index in [-0.39, 0.29) is 5.91 Å². The summed E-state index contributed by atoms with van der Waals surface area (Å²) in [5.74, 6) is 0.480. The second kappa shape index (κ2) is 4.05. The fourth-order valence-electron chi connectivity index (χ4n) is 1.70. The Hall–Kier alpha value is -1.31. The van der Waals surface area contributed by atoms with Crippen LogP contribution in [0.4, 0.5) is 0 Å². The average molecular weight is 203 g/mol. The number of nitrogens with one attached hydrogen (secondary N) is 1. The normalized spacial score (nSPS) is 15.4. The summed E-state index contributed by atoms with van der Waals surface area (Å²) < 4.78 is 0. The third kappa shape index (κ3) is 2.38. The topological polar surface area (TPSA) is 29.1 Å². The molecule has 1 amide bonds. The zero-order valence-corrected chi connectivity index (χ0v) is 9.29. The van der Waals surface area contributed by atoms with Gasteiger partial charge in [-0.2, -0.15) is 0 Å². The van der Waals surface area contributed by atoms with Gasteiger partial charge in [-0.3, -0.25) is 4.79 Å². The quantitative estimate of drug-likeness (QED) is 0.804. The molecule has 0 saturated heterocycles. The molecule has 2 rings (SSSR count). The fraction of sp³-hybridized carbons (Fsp3) is 0.462. The number of carbonyl (C=O) groups is 1. The molecule has 1 aromatic carbocycles. The highest BCUT2D eigenvalue weighted by molar-refractivity contribution is 5.96. The van der Waals surface area contributed by atoms with Gasteiger partial charge in [-0.25, -0.2) is 0 Å². The van der Waals surface area contributed by atoms with Crippen LogP contribution in [-0.4, -0.2) is 11.9 Å². The van der Waals surface area contributed by atoms with Crippen molar-refractivity contribution in [2.45, 2.75) is 38.6 Å². The number of hydrogen-bond acceptors (Lipinski definition) is 1. The first-order valence-electron chi connectivity index (χ1n) is 5.58. The maximum atomic E-state index is 11.9. The Morgan fingerprint density at radius 1 is 1.33 bits per heavy atom. The van der Waals surface area contributed by atoms with Crippen LogP contribution in [0.3, 0.4) is 0 Å². The van der Waals surface area contributed by atoms with Crippen molar-refractivity contribution >= 4 is 5.91 Å². The van der Waals surface area contributed by atoms with Crippen LogP contribution in [0, 0.1) is 0 Å². The molecule has 1 fully saturated rings. The van der Waals surface area contributed by atoms with Gasteiger partial charge in [-0.15, -0.1) is 0 Å². The van der Waals surface area contributed by atoms with E-state index in [0.29, 0.717) is 12.0 Å².